The summed E-state index contributed by atoms with van der Waals surface area (Å²) in [6.45, 7) is 2.43. The van der Waals surface area contributed by atoms with Crippen molar-refractivity contribution >= 4 is 5.69 Å². The van der Waals surface area contributed by atoms with Crippen molar-refractivity contribution in [3.8, 4) is 0 Å². The van der Waals surface area contributed by atoms with Crippen molar-refractivity contribution in [3.63, 3.8) is 0 Å². The fourth-order valence-electron chi connectivity index (χ4n) is 3.81. The van der Waals surface area contributed by atoms with Gasteiger partial charge >= 0.3 is 6.18 Å². The Labute approximate surface area is 144 Å². The minimum Gasteiger partial charge on any atom is -0.395 e. The topological polar surface area (TPSA) is 72.7 Å². The highest BCUT2D eigenvalue weighted by Crippen LogP contribution is 2.36. The fourth-order valence-corrected chi connectivity index (χ4v) is 3.81. The number of hydrogen-bond acceptors (Lipinski definition) is 6. The number of halogens is 3. The van der Waals surface area contributed by atoms with Crippen molar-refractivity contribution in [3.05, 3.63) is 18.2 Å². The van der Waals surface area contributed by atoms with Crippen LogP contribution in [-0.2, 0) is 6.18 Å². The van der Waals surface area contributed by atoms with Gasteiger partial charge in [0.15, 0.2) is 5.69 Å². The summed E-state index contributed by atoms with van der Waals surface area (Å²) < 4.78 is 39.4. The van der Waals surface area contributed by atoms with Gasteiger partial charge in [-0.15, -0.1) is 0 Å². The Morgan fingerprint density at radius 1 is 1.24 bits per heavy atom. The molecule has 9 heteroatoms. The lowest BCUT2D eigenvalue weighted by Gasteiger charge is -2.38. The maximum Gasteiger partial charge on any atom is 0.435 e. The molecule has 6 nitrogen and oxygen atoms in total. The zero-order valence-corrected chi connectivity index (χ0v) is 13.9. The van der Waals surface area contributed by atoms with Crippen LogP contribution in [-0.4, -0.2) is 70.0 Å². The second-order valence-corrected chi connectivity index (χ2v) is 6.86. The van der Waals surface area contributed by atoms with Crippen LogP contribution in [0.5, 0.6) is 0 Å². The zero-order valence-electron chi connectivity index (χ0n) is 13.9. The van der Waals surface area contributed by atoms with Crippen LogP contribution >= 0.6 is 0 Å². The van der Waals surface area contributed by atoms with E-state index in [0.29, 0.717) is 39.0 Å². The van der Waals surface area contributed by atoms with E-state index in [4.69, 9.17) is 0 Å². The average molecular weight is 360 g/mol. The van der Waals surface area contributed by atoms with Gasteiger partial charge in [0.1, 0.15) is 6.33 Å². The molecule has 3 atom stereocenters. The lowest BCUT2D eigenvalue weighted by molar-refractivity contribution is -0.140. The summed E-state index contributed by atoms with van der Waals surface area (Å²) in [5, 5.41) is 19.2. The van der Waals surface area contributed by atoms with Crippen molar-refractivity contribution in [1.82, 2.24) is 14.9 Å². The number of alkyl halides is 3. The molecular formula is C16H23F3N4O2. The van der Waals surface area contributed by atoms with E-state index >= 15 is 0 Å². The van der Waals surface area contributed by atoms with Crippen molar-refractivity contribution in [2.45, 2.75) is 37.6 Å². The van der Waals surface area contributed by atoms with E-state index in [1.54, 1.807) is 4.90 Å². The molecule has 3 heterocycles. The molecule has 1 aromatic rings. The number of rotatable bonds is 4. The minimum atomic E-state index is -4.50. The minimum absolute atomic E-state index is 0.0156. The summed E-state index contributed by atoms with van der Waals surface area (Å²) in [5.41, 5.74) is -0.859. The maximum atomic E-state index is 13.1. The smallest absolute Gasteiger partial charge is 0.395 e. The molecule has 3 rings (SSSR count). The highest BCUT2D eigenvalue weighted by Gasteiger charge is 2.39. The van der Waals surface area contributed by atoms with Crippen LogP contribution in [0.25, 0.3) is 0 Å². The van der Waals surface area contributed by atoms with Crippen LogP contribution in [0.2, 0.25) is 0 Å². The van der Waals surface area contributed by atoms with E-state index in [1.807, 2.05) is 0 Å². The molecule has 2 saturated heterocycles. The summed E-state index contributed by atoms with van der Waals surface area (Å²) >= 11 is 0. The molecule has 25 heavy (non-hydrogen) atoms. The lowest BCUT2D eigenvalue weighted by atomic mass is 9.97. The SMILES string of the molecule is OCC1CC(O)CCN1CC1CCN(c2cncnc2C(F)(F)F)C1. The van der Waals surface area contributed by atoms with Gasteiger partial charge in [-0.05, 0) is 25.2 Å². The lowest BCUT2D eigenvalue weighted by Crippen LogP contribution is -2.48. The molecule has 0 saturated carbocycles. The van der Waals surface area contributed by atoms with E-state index in [-0.39, 0.29) is 30.4 Å². The van der Waals surface area contributed by atoms with E-state index in [1.165, 1.54) is 6.20 Å². The van der Waals surface area contributed by atoms with Crippen molar-refractivity contribution in [2.75, 3.05) is 37.7 Å². The first-order valence-corrected chi connectivity index (χ1v) is 8.53. The molecule has 0 aliphatic carbocycles. The van der Waals surface area contributed by atoms with Gasteiger partial charge in [-0.3, -0.25) is 4.90 Å². The summed E-state index contributed by atoms with van der Waals surface area (Å²) in [6, 6.07) is -0.0800. The predicted molar refractivity (Wildman–Crippen MR) is 85.0 cm³/mol. The number of aliphatic hydroxyl groups excluding tert-OH is 2. The molecule has 0 amide bonds. The van der Waals surface area contributed by atoms with Crippen LogP contribution in [0.4, 0.5) is 18.9 Å². The Kier molecular flexibility index (Phi) is 5.45. The third kappa shape index (κ3) is 4.21. The maximum absolute atomic E-state index is 13.1. The van der Waals surface area contributed by atoms with E-state index < -0.39 is 11.9 Å². The summed E-state index contributed by atoms with van der Waals surface area (Å²) in [5.74, 6) is 0.214. The van der Waals surface area contributed by atoms with Crippen molar-refractivity contribution in [1.29, 1.82) is 0 Å². The van der Waals surface area contributed by atoms with Gasteiger partial charge in [-0.25, -0.2) is 9.97 Å². The Hall–Kier alpha value is -1.45. The van der Waals surface area contributed by atoms with Gasteiger partial charge in [-0.1, -0.05) is 0 Å². The second kappa shape index (κ2) is 7.43. The molecular weight excluding hydrogens is 337 g/mol. The largest absolute Gasteiger partial charge is 0.435 e. The third-order valence-electron chi connectivity index (χ3n) is 5.10. The first-order chi connectivity index (χ1) is 11.9. The standard InChI is InChI=1S/C16H23F3N4O2/c17-16(18,19)15-14(6-20-10-21-15)23-3-1-11(8-23)7-22-4-2-13(25)5-12(22)9-24/h6,10-13,24-25H,1-5,7-9H2. The van der Waals surface area contributed by atoms with Crippen LogP contribution in [0.15, 0.2) is 12.5 Å². The highest BCUT2D eigenvalue weighted by atomic mass is 19.4. The number of aromatic nitrogens is 2. The number of anilines is 1. The molecule has 2 N–H and O–H groups in total. The second-order valence-electron chi connectivity index (χ2n) is 6.86. The van der Waals surface area contributed by atoms with Crippen LogP contribution in [0.1, 0.15) is 25.0 Å². The summed E-state index contributed by atoms with van der Waals surface area (Å²) in [4.78, 5) is 11.0. The first kappa shape index (κ1) is 18.3. The van der Waals surface area contributed by atoms with Gasteiger partial charge in [-0.2, -0.15) is 13.2 Å². The van der Waals surface area contributed by atoms with Crippen molar-refractivity contribution in [2.24, 2.45) is 5.92 Å². The van der Waals surface area contributed by atoms with Gasteiger partial charge in [0.2, 0.25) is 0 Å². The monoisotopic (exact) mass is 360 g/mol. The molecule has 0 aromatic carbocycles. The molecule has 140 valence electrons. The Balaban J connectivity index is 1.65. The molecule has 2 aliphatic rings. The Morgan fingerprint density at radius 2 is 2.04 bits per heavy atom. The molecule has 2 fully saturated rings. The van der Waals surface area contributed by atoms with Crippen molar-refractivity contribution < 1.29 is 23.4 Å². The van der Waals surface area contributed by atoms with E-state index in [0.717, 1.165) is 12.7 Å². The van der Waals surface area contributed by atoms with Gasteiger partial charge < -0.3 is 15.1 Å². The first-order valence-electron chi connectivity index (χ1n) is 8.53. The molecule has 0 bridgehead atoms. The number of aliphatic hydroxyl groups is 2. The Bertz CT molecular complexity index is 587. The van der Waals surface area contributed by atoms with Gasteiger partial charge in [0, 0.05) is 32.2 Å². The molecule has 1 aromatic heterocycles. The summed E-state index contributed by atoms with van der Waals surface area (Å²) in [7, 11) is 0. The summed E-state index contributed by atoms with van der Waals surface area (Å²) in [6.07, 6.45) is -0.749. The normalized spacial score (nSPS) is 28.5. The van der Waals surface area contributed by atoms with Crippen LogP contribution < -0.4 is 4.90 Å². The number of piperidine rings is 1. The van der Waals surface area contributed by atoms with Gasteiger partial charge in [0.05, 0.1) is 24.6 Å². The Morgan fingerprint density at radius 3 is 2.76 bits per heavy atom. The quantitative estimate of drug-likeness (QED) is 0.839. The van der Waals surface area contributed by atoms with E-state index in [2.05, 4.69) is 14.9 Å². The van der Waals surface area contributed by atoms with Crippen LogP contribution in [0.3, 0.4) is 0 Å². The van der Waals surface area contributed by atoms with Gasteiger partial charge in [0.25, 0.3) is 0 Å². The molecule has 0 radical (unpaired) electrons. The number of nitrogens with zero attached hydrogens (tertiary/aromatic N) is 4. The number of hydrogen-bond donors (Lipinski definition) is 2. The fraction of sp³-hybridized carbons (Fsp3) is 0.750. The zero-order chi connectivity index (χ0) is 18.0. The van der Waals surface area contributed by atoms with E-state index in [9.17, 15) is 23.4 Å². The highest BCUT2D eigenvalue weighted by molar-refractivity contribution is 5.50. The molecule has 3 unspecified atom stereocenters. The average Bonchev–Trinajstić information content (AvgIpc) is 3.04. The predicted octanol–water partition coefficient (Wildman–Crippen LogP) is 1.14. The third-order valence-corrected chi connectivity index (χ3v) is 5.10. The number of likely N-dealkylation sites (tertiary alicyclic amines) is 1. The van der Waals surface area contributed by atoms with Crippen LogP contribution in [0, 0.1) is 5.92 Å². The molecule has 0 spiro atoms. The molecule has 2 aliphatic heterocycles.